The van der Waals surface area contributed by atoms with Crippen molar-refractivity contribution in [3.63, 3.8) is 0 Å². The van der Waals surface area contributed by atoms with Crippen LogP contribution in [0.5, 0.6) is 0 Å². The summed E-state index contributed by atoms with van der Waals surface area (Å²) in [5.41, 5.74) is 0. The fourth-order valence-corrected chi connectivity index (χ4v) is 1.48. The Labute approximate surface area is 76.9 Å². The Morgan fingerprint density at radius 1 is 1.38 bits per heavy atom. The van der Waals surface area contributed by atoms with Crippen molar-refractivity contribution >= 4 is 11.9 Å². The van der Waals surface area contributed by atoms with Gasteiger partial charge in [-0.15, -0.1) is 0 Å². The van der Waals surface area contributed by atoms with Crippen molar-refractivity contribution in [3.05, 3.63) is 0 Å². The van der Waals surface area contributed by atoms with Gasteiger partial charge in [0, 0.05) is 0 Å². The van der Waals surface area contributed by atoms with E-state index < -0.39 is 12.1 Å². The molecular weight excluding hydrogens is 172 g/mol. The molecule has 1 rings (SSSR count). The zero-order valence-electron chi connectivity index (χ0n) is 7.66. The van der Waals surface area contributed by atoms with Gasteiger partial charge in [0.15, 0.2) is 6.10 Å². The minimum Gasteiger partial charge on any atom is -0.479 e. The highest BCUT2D eigenvalue weighted by Gasteiger charge is 2.27. The van der Waals surface area contributed by atoms with Gasteiger partial charge in [-0.25, -0.2) is 4.79 Å². The maximum atomic E-state index is 11.3. The molecule has 4 heteroatoms. The van der Waals surface area contributed by atoms with E-state index in [0.717, 1.165) is 25.7 Å². The number of esters is 1. The van der Waals surface area contributed by atoms with Gasteiger partial charge in [0.1, 0.15) is 0 Å². The molecule has 0 aromatic rings. The molecule has 0 amide bonds. The number of carboxylic acids is 1. The van der Waals surface area contributed by atoms with Crippen LogP contribution in [0.3, 0.4) is 0 Å². The molecule has 13 heavy (non-hydrogen) atoms. The van der Waals surface area contributed by atoms with E-state index >= 15 is 0 Å². The van der Waals surface area contributed by atoms with E-state index in [1.165, 1.54) is 6.92 Å². The average Bonchev–Trinajstić information content (AvgIpc) is 2.55. The molecule has 1 fully saturated rings. The lowest BCUT2D eigenvalue weighted by molar-refractivity contribution is -0.165. The molecule has 0 heterocycles. The lowest BCUT2D eigenvalue weighted by Crippen LogP contribution is -2.26. The molecule has 1 aliphatic rings. The largest absolute Gasteiger partial charge is 0.479 e. The highest BCUT2D eigenvalue weighted by Crippen LogP contribution is 2.26. The summed E-state index contributed by atoms with van der Waals surface area (Å²) in [5.74, 6) is -1.51. The van der Waals surface area contributed by atoms with E-state index in [1.807, 2.05) is 0 Å². The number of aliphatic carboxylic acids is 1. The fourth-order valence-electron chi connectivity index (χ4n) is 1.48. The fraction of sp³-hybridized carbons (Fsp3) is 0.778. The Kier molecular flexibility index (Phi) is 3.28. The number of ether oxygens (including phenoxy) is 1. The zero-order valence-corrected chi connectivity index (χ0v) is 7.66. The second-order valence-corrected chi connectivity index (χ2v) is 3.40. The van der Waals surface area contributed by atoms with Crippen LogP contribution in [0.1, 0.15) is 32.6 Å². The van der Waals surface area contributed by atoms with E-state index in [2.05, 4.69) is 0 Å². The van der Waals surface area contributed by atoms with Crippen LogP contribution in [-0.4, -0.2) is 23.1 Å². The Morgan fingerprint density at radius 2 is 1.92 bits per heavy atom. The Morgan fingerprint density at radius 3 is 2.38 bits per heavy atom. The van der Waals surface area contributed by atoms with E-state index in [1.54, 1.807) is 0 Å². The number of carbonyl (C=O) groups excluding carboxylic acids is 1. The Bertz CT molecular complexity index is 206. The van der Waals surface area contributed by atoms with Crippen molar-refractivity contribution in [1.82, 2.24) is 0 Å². The third-order valence-corrected chi connectivity index (χ3v) is 2.33. The van der Waals surface area contributed by atoms with Crippen molar-refractivity contribution in [3.8, 4) is 0 Å². The molecular formula is C9H14O4. The lowest BCUT2D eigenvalue weighted by atomic mass is 10.1. The molecule has 4 nitrogen and oxygen atoms in total. The van der Waals surface area contributed by atoms with Crippen LogP contribution in [0.15, 0.2) is 0 Å². The van der Waals surface area contributed by atoms with Crippen molar-refractivity contribution in [2.75, 3.05) is 0 Å². The van der Waals surface area contributed by atoms with Crippen molar-refractivity contribution < 1.29 is 19.4 Å². The van der Waals surface area contributed by atoms with Crippen LogP contribution < -0.4 is 0 Å². The number of carbonyl (C=O) groups is 2. The first kappa shape index (κ1) is 10.0. The van der Waals surface area contributed by atoms with Crippen molar-refractivity contribution in [2.24, 2.45) is 5.92 Å². The predicted molar refractivity (Wildman–Crippen MR) is 45.1 cm³/mol. The van der Waals surface area contributed by atoms with Gasteiger partial charge in [0.2, 0.25) is 0 Å². The normalized spacial score (nSPS) is 19.8. The number of rotatable bonds is 3. The average molecular weight is 186 g/mol. The van der Waals surface area contributed by atoms with Crippen LogP contribution in [0.25, 0.3) is 0 Å². The monoisotopic (exact) mass is 186 g/mol. The molecule has 1 N–H and O–H groups in total. The van der Waals surface area contributed by atoms with Gasteiger partial charge >= 0.3 is 11.9 Å². The Hall–Kier alpha value is -1.06. The smallest absolute Gasteiger partial charge is 0.344 e. The van der Waals surface area contributed by atoms with Gasteiger partial charge in [-0.05, 0) is 19.8 Å². The predicted octanol–water partition coefficient (Wildman–Crippen LogP) is 1.19. The third kappa shape index (κ3) is 2.72. The standard InChI is InChI=1S/C9H14O4/c1-6(8(10)11)13-9(12)7-4-2-3-5-7/h6-7H,2-5H2,1H3,(H,10,11)/t6-/m0/s1. The first-order chi connectivity index (χ1) is 6.11. The van der Waals surface area contributed by atoms with E-state index in [4.69, 9.17) is 9.84 Å². The molecule has 74 valence electrons. The van der Waals surface area contributed by atoms with E-state index in [-0.39, 0.29) is 11.9 Å². The summed E-state index contributed by atoms with van der Waals surface area (Å²) in [5, 5.41) is 8.50. The van der Waals surface area contributed by atoms with Crippen LogP contribution >= 0.6 is 0 Å². The van der Waals surface area contributed by atoms with Crippen LogP contribution in [-0.2, 0) is 14.3 Å². The topological polar surface area (TPSA) is 63.6 Å². The van der Waals surface area contributed by atoms with E-state index in [9.17, 15) is 9.59 Å². The molecule has 0 radical (unpaired) electrons. The van der Waals surface area contributed by atoms with Gasteiger partial charge in [0.25, 0.3) is 0 Å². The number of carboxylic acid groups (broad SMARTS) is 1. The molecule has 0 saturated heterocycles. The third-order valence-electron chi connectivity index (χ3n) is 2.33. The molecule has 0 aromatic carbocycles. The van der Waals surface area contributed by atoms with Crippen molar-refractivity contribution in [2.45, 2.75) is 38.7 Å². The summed E-state index contributed by atoms with van der Waals surface area (Å²) in [7, 11) is 0. The van der Waals surface area contributed by atoms with Gasteiger partial charge in [-0.2, -0.15) is 0 Å². The lowest BCUT2D eigenvalue weighted by Gasteiger charge is -2.12. The summed E-state index contributed by atoms with van der Waals surface area (Å²) >= 11 is 0. The Balaban J connectivity index is 2.35. The summed E-state index contributed by atoms with van der Waals surface area (Å²) in [6, 6.07) is 0. The van der Waals surface area contributed by atoms with Gasteiger partial charge in [-0.3, -0.25) is 4.79 Å². The van der Waals surface area contributed by atoms with E-state index in [0.29, 0.717) is 0 Å². The second kappa shape index (κ2) is 4.25. The quantitative estimate of drug-likeness (QED) is 0.672. The van der Waals surface area contributed by atoms with Crippen LogP contribution in [0, 0.1) is 5.92 Å². The van der Waals surface area contributed by atoms with Gasteiger partial charge < -0.3 is 9.84 Å². The van der Waals surface area contributed by atoms with Gasteiger partial charge in [-0.1, -0.05) is 12.8 Å². The molecule has 0 bridgehead atoms. The van der Waals surface area contributed by atoms with Crippen LogP contribution in [0.2, 0.25) is 0 Å². The van der Waals surface area contributed by atoms with Crippen LogP contribution in [0.4, 0.5) is 0 Å². The summed E-state index contributed by atoms with van der Waals surface area (Å²) in [6.07, 6.45) is 2.74. The maximum absolute atomic E-state index is 11.3. The number of hydrogen-bond acceptors (Lipinski definition) is 3. The highest BCUT2D eigenvalue weighted by molar-refractivity contribution is 5.78. The molecule has 0 aliphatic heterocycles. The minimum atomic E-state index is -1.09. The zero-order chi connectivity index (χ0) is 9.84. The molecule has 1 aliphatic carbocycles. The minimum absolute atomic E-state index is 0.0678. The summed E-state index contributed by atoms with van der Waals surface area (Å²) in [4.78, 5) is 21.6. The van der Waals surface area contributed by atoms with Gasteiger partial charge in [0.05, 0.1) is 5.92 Å². The highest BCUT2D eigenvalue weighted by atomic mass is 16.6. The number of hydrogen-bond donors (Lipinski definition) is 1. The van der Waals surface area contributed by atoms with Crippen molar-refractivity contribution in [1.29, 1.82) is 0 Å². The molecule has 0 aromatic heterocycles. The molecule has 0 spiro atoms. The maximum Gasteiger partial charge on any atom is 0.344 e. The first-order valence-electron chi connectivity index (χ1n) is 4.54. The summed E-state index contributed by atoms with van der Waals surface area (Å²) in [6.45, 7) is 1.37. The summed E-state index contributed by atoms with van der Waals surface area (Å²) < 4.78 is 4.76. The second-order valence-electron chi connectivity index (χ2n) is 3.40. The molecule has 1 atom stereocenters. The first-order valence-corrected chi connectivity index (χ1v) is 4.54. The SMILES string of the molecule is C[C@H](OC(=O)C1CCCC1)C(=O)O. The molecule has 0 unspecified atom stereocenters. The molecule has 1 saturated carbocycles.